The topological polar surface area (TPSA) is 12.0 Å². The van der Waals surface area contributed by atoms with Gasteiger partial charge in [-0.3, -0.25) is 0 Å². The van der Waals surface area contributed by atoms with E-state index in [9.17, 15) is 0 Å². The molecule has 2 rings (SSSR count). The lowest BCUT2D eigenvalue weighted by Gasteiger charge is -2.24. The molecule has 142 valence electrons. The van der Waals surface area contributed by atoms with E-state index in [1.165, 1.54) is 52.8 Å². The molecule has 0 amide bonds. The molecule has 0 spiro atoms. The van der Waals surface area contributed by atoms with Crippen LogP contribution in [-0.4, -0.2) is 6.54 Å². The molecule has 0 saturated carbocycles. The molecule has 1 N–H and O–H groups in total. The Morgan fingerprint density at radius 2 is 1.69 bits per heavy atom. The van der Waals surface area contributed by atoms with Crippen molar-refractivity contribution in [2.24, 2.45) is 0 Å². The summed E-state index contributed by atoms with van der Waals surface area (Å²) in [6.07, 6.45) is 10.5. The van der Waals surface area contributed by atoms with Gasteiger partial charge in [-0.05, 0) is 53.9 Å². The highest BCUT2D eigenvalue weighted by Gasteiger charge is 2.18. The summed E-state index contributed by atoms with van der Waals surface area (Å²) >= 11 is 0. The molecule has 0 bridgehead atoms. The third-order valence-electron chi connectivity index (χ3n) is 5.21. The van der Waals surface area contributed by atoms with E-state index in [0.717, 1.165) is 19.4 Å². The first-order chi connectivity index (χ1) is 12.4. The van der Waals surface area contributed by atoms with Gasteiger partial charge in [-0.15, -0.1) is 0 Å². The molecule has 0 heterocycles. The van der Waals surface area contributed by atoms with Crippen LogP contribution in [0, 0.1) is 0 Å². The standard InChI is InChI=1S/C25H37N/c1-7-9-10-17-26-24(8-2)23-18-19(3)11-16-22(23)20-12-14-21(15-13-20)25(4,5)6/h11-16,26H,7-10,17-18H2,1-6H3/b24-23+. The van der Waals surface area contributed by atoms with Crippen molar-refractivity contribution in [2.45, 2.75) is 79.1 Å². The highest BCUT2D eigenvalue weighted by Crippen LogP contribution is 2.35. The Hall–Kier alpha value is -1.76. The number of benzene rings is 1. The summed E-state index contributed by atoms with van der Waals surface area (Å²) < 4.78 is 0. The average molecular weight is 352 g/mol. The molecule has 26 heavy (non-hydrogen) atoms. The fraction of sp³-hybridized carbons (Fsp3) is 0.520. The summed E-state index contributed by atoms with van der Waals surface area (Å²) in [5.41, 5.74) is 8.64. The van der Waals surface area contributed by atoms with Crippen LogP contribution in [0.25, 0.3) is 5.57 Å². The summed E-state index contributed by atoms with van der Waals surface area (Å²) in [6, 6.07) is 9.18. The molecule has 0 aromatic heterocycles. The van der Waals surface area contributed by atoms with Gasteiger partial charge in [-0.1, -0.05) is 89.5 Å². The fourth-order valence-corrected chi connectivity index (χ4v) is 3.51. The highest BCUT2D eigenvalue weighted by atomic mass is 14.9. The minimum Gasteiger partial charge on any atom is -0.388 e. The molecular formula is C25H37N. The van der Waals surface area contributed by atoms with E-state index >= 15 is 0 Å². The van der Waals surface area contributed by atoms with Crippen LogP contribution in [0.3, 0.4) is 0 Å². The maximum Gasteiger partial charge on any atom is 0.0146 e. The number of allylic oxidation sites excluding steroid dienone is 6. The Labute approximate surface area is 161 Å². The van der Waals surface area contributed by atoms with Gasteiger partial charge in [0.15, 0.2) is 0 Å². The number of hydrogen-bond donors (Lipinski definition) is 1. The van der Waals surface area contributed by atoms with E-state index in [1.807, 2.05) is 0 Å². The van der Waals surface area contributed by atoms with Gasteiger partial charge in [0.25, 0.3) is 0 Å². The van der Waals surface area contributed by atoms with E-state index in [-0.39, 0.29) is 5.41 Å². The highest BCUT2D eigenvalue weighted by molar-refractivity contribution is 5.83. The lowest BCUT2D eigenvalue weighted by Crippen LogP contribution is -2.18. The monoisotopic (exact) mass is 351 g/mol. The minimum absolute atomic E-state index is 0.198. The van der Waals surface area contributed by atoms with Crippen molar-refractivity contribution in [3.63, 3.8) is 0 Å². The molecule has 1 aliphatic carbocycles. The van der Waals surface area contributed by atoms with Gasteiger partial charge in [0, 0.05) is 12.2 Å². The SMILES string of the molecule is CCCCCN/C(CC)=C1\CC(C)=CC=C1c1ccc(C(C)(C)C)cc1. The number of hydrogen-bond acceptors (Lipinski definition) is 1. The largest absolute Gasteiger partial charge is 0.388 e. The summed E-state index contributed by atoms with van der Waals surface area (Å²) in [5.74, 6) is 0. The molecule has 0 saturated heterocycles. The molecule has 1 nitrogen and oxygen atoms in total. The second-order valence-electron chi connectivity index (χ2n) is 8.54. The molecule has 0 unspecified atom stereocenters. The van der Waals surface area contributed by atoms with Gasteiger partial charge >= 0.3 is 0 Å². The van der Waals surface area contributed by atoms with Gasteiger partial charge in [-0.25, -0.2) is 0 Å². The molecule has 1 aliphatic rings. The van der Waals surface area contributed by atoms with E-state index in [1.54, 1.807) is 0 Å². The Balaban J connectivity index is 2.32. The number of unbranched alkanes of at least 4 members (excludes halogenated alkanes) is 2. The second kappa shape index (κ2) is 9.26. The molecule has 1 aromatic carbocycles. The first-order valence-corrected chi connectivity index (χ1v) is 10.3. The molecule has 0 fully saturated rings. The van der Waals surface area contributed by atoms with Gasteiger partial charge in [0.2, 0.25) is 0 Å². The first kappa shape index (κ1) is 20.6. The zero-order valence-corrected chi connectivity index (χ0v) is 17.7. The predicted octanol–water partition coefficient (Wildman–Crippen LogP) is 7.16. The zero-order valence-electron chi connectivity index (χ0n) is 17.7. The van der Waals surface area contributed by atoms with Crippen LogP contribution in [-0.2, 0) is 5.41 Å². The predicted molar refractivity (Wildman–Crippen MR) is 116 cm³/mol. The van der Waals surface area contributed by atoms with Crippen LogP contribution < -0.4 is 5.32 Å². The molecular weight excluding hydrogens is 314 g/mol. The normalized spacial score (nSPS) is 16.8. The van der Waals surface area contributed by atoms with Crippen LogP contribution >= 0.6 is 0 Å². The van der Waals surface area contributed by atoms with Gasteiger partial charge in [0.1, 0.15) is 0 Å². The van der Waals surface area contributed by atoms with Crippen LogP contribution in [0.2, 0.25) is 0 Å². The van der Waals surface area contributed by atoms with E-state index in [2.05, 4.69) is 83.3 Å². The van der Waals surface area contributed by atoms with Crippen molar-refractivity contribution in [2.75, 3.05) is 6.54 Å². The molecule has 1 heteroatoms. The molecule has 0 atom stereocenters. The van der Waals surface area contributed by atoms with Crippen molar-refractivity contribution >= 4 is 5.57 Å². The fourth-order valence-electron chi connectivity index (χ4n) is 3.51. The number of nitrogens with one attached hydrogen (secondary N) is 1. The van der Waals surface area contributed by atoms with E-state index in [0.29, 0.717) is 0 Å². The minimum atomic E-state index is 0.198. The quantitative estimate of drug-likeness (QED) is 0.514. The van der Waals surface area contributed by atoms with Gasteiger partial charge in [-0.2, -0.15) is 0 Å². The molecule has 0 radical (unpaired) electrons. The first-order valence-electron chi connectivity index (χ1n) is 10.3. The van der Waals surface area contributed by atoms with Crippen molar-refractivity contribution in [1.82, 2.24) is 5.32 Å². The zero-order chi connectivity index (χ0) is 19.2. The Morgan fingerprint density at radius 3 is 2.27 bits per heavy atom. The summed E-state index contributed by atoms with van der Waals surface area (Å²) in [7, 11) is 0. The van der Waals surface area contributed by atoms with Crippen molar-refractivity contribution < 1.29 is 0 Å². The van der Waals surface area contributed by atoms with Gasteiger partial charge < -0.3 is 5.32 Å². The van der Waals surface area contributed by atoms with E-state index < -0.39 is 0 Å². The summed E-state index contributed by atoms with van der Waals surface area (Å²) in [6.45, 7) is 14.7. The maximum absolute atomic E-state index is 3.74. The maximum atomic E-state index is 3.74. The molecule has 0 aliphatic heterocycles. The van der Waals surface area contributed by atoms with Crippen molar-refractivity contribution in [3.8, 4) is 0 Å². The van der Waals surface area contributed by atoms with Crippen molar-refractivity contribution in [1.29, 1.82) is 0 Å². The summed E-state index contributed by atoms with van der Waals surface area (Å²) in [5, 5.41) is 3.74. The smallest absolute Gasteiger partial charge is 0.0146 e. The number of rotatable bonds is 7. The Kier molecular flexibility index (Phi) is 7.32. The van der Waals surface area contributed by atoms with Crippen LogP contribution in [0.4, 0.5) is 0 Å². The lowest BCUT2D eigenvalue weighted by atomic mass is 9.83. The van der Waals surface area contributed by atoms with Crippen LogP contribution in [0.1, 0.15) is 84.8 Å². The van der Waals surface area contributed by atoms with Crippen LogP contribution in [0.5, 0.6) is 0 Å². The Bertz CT molecular complexity index is 678. The third-order valence-corrected chi connectivity index (χ3v) is 5.21. The van der Waals surface area contributed by atoms with Crippen molar-refractivity contribution in [3.05, 3.63) is 64.4 Å². The van der Waals surface area contributed by atoms with Crippen LogP contribution in [0.15, 0.2) is 53.3 Å². The lowest BCUT2D eigenvalue weighted by molar-refractivity contribution is 0.590. The van der Waals surface area contributed by atoms with E-state index in [4.69, 9.17) is 0 Å². The summed E-state index contributed by atoms with van der Waals surface area (Å²) in [4.78, 5) is 0. The Morgan fingerprint density at radius 1 is 1.00 bits per heavy atom. The second-order valence-corrected chi connectivity index (χ2v) is 8.54. The van der Waals surface area contributed by atoms with Gasteiger partial charge in [0.05, 0.1) is 0 Å². The third kappa shape index (κ3) is 5.37. The average Bonchev–Trinajstić information content (AvgIpc) is 2.61. The molecule has 1 aromatic rings.